The van der Waals surface area contributed by atoms with E-state index in [1.807, 2.05) is 19.1 Å². The first-order valence-electron chi connectivity index (χ1n) is 7.95. The average Bonchev–Trinajstić information content (AvgIpc) is 2.40. The molecule has 6 heteroatoms. The Kier molecular flexibility index (Phi) is 4.78. The minimum Gasteiger partial charge on any atom is -0.496 e. The summed E-state index contributed by atoms with van der Waals surface area (Å²) < 4.78 is 10.5. The van der Waals surface area contributed by atoms with Crippen LogP contribution < -0.4 is 10.1 Å². The van der Waals surface area contributed by atoms with E-state index in [1.165, 1.54) is 0 Å². The number of aryl methyl sites for hydroxylation is 1. The van der Waals surface area contributed by atoms with Crippen molar-refractivity contribution in [3.8, 4) is 5.75 Å². The number of amides is 1. The van der Waals surface area contributed by atoms with Crippen LogP contribution >= 0.6 is 0 Å². The molecular formula is C18H25NO5. The van der Waals surface area contributed by atoms with Gasteiger partial charge in [-0.1, -0.05) is 12.1 Å². The van der Waals surface area contributed by atoms with Gasteiger partial charge in [-0.05, 0) is 57.7 Å². The van der Waals surface area contributed by atoms with Gasteiger partial charge in [-0.15, -0.1) is 0 Å². The lowest BCUT2D eigenvalue weighted by molar-refractivity contribution is -0.148. The third-order valence-corrected chi connectivity index (χ3v) is 4.28. The number of carbonyl (C=O) groups is 2. The third-order valence-electron chi connectivity index (χ3n) is 4.28. The lowest BCUT2D eigenvalue weighted by atomic mass is 9.61. The zero-order valence-corrected chi connectivity index (χ0v) is 14.8. The number of carboxylic acid groups (broad SMARTS) is 1. The number of nitrogens with one attached hydrogen (secondary N) is 1. The molecule has 0 bridgehead atoms. The highest BCUT2D eigenvalue weighted by molar-refractivity contribution is 5.84. The van der Waals surface area contributed by atoms with Gasteiger partial charge in [0.2, 0.25) is 0 Å². The van der Waals surface area contributed by atoms with E-state index in [2.05, 4.69) is 5.32 Å². The number of alkyl carbamates (subject to hydrolysis) is 1. The van der Waals surface area contributed by atoms with E-state index >= 15 is 0 Å². The summed E-state index contributed by atoms with van der Waals surface area (Å²) in [4.78, 5) is 23.7. The number of methoxy groups -OCH3 is 1. The Balaban J connectivity index is 2.11. The highest BCUT2D eigenvalue weighted by atomic mass is 16.6. The Morgan fingerprint density at radius 2 is 1.92 bits per heavy atom. The second-order valence-electron chi connectivity index (χ2n) is 7.32. The fourth-order valence-corrected chi connectivity index (χ4v) is 3.01. The number of ether oxygens (including phenoxy) is 2. The smallest absolute Gasteiger partial charge is 0.407 e. The van der Waals surface area contributed by atoms with Crippen molar-refractivity contribution in [2.45, 2.75) is 57.6 Å². The van der Waals surface area contributed by atoms with Gasteiger partial charge in [0.1, 0.15) is 11.4 Å². The molecule has 1 saturated carbocycles. The molecule has 6 nitrogen and oxygen atoms in total. The fourth-order valence-electron chi connectivity index (χ4n) is 3.01. The molecule has 1 fully saturated rings. The number of hydrogen-bond donors (Lipinski definition) is 2. The highest BCUT2D eigenvalue weighted by Crippen LogP contribution is 2.45. The van der Waals surface area contributed by atoms with Gasteiger partial charge in [-0.3, -0.25) is 4.79 Å². The van der Waals surface area contributed by atoms with E-state index in [0.29, 0.717) is 24.2 Å². The summed E-state index contributed by atoms with van der Waals surface area (Å²) in [6.07, 6.45) is 0.134. The molecule has 0 unspecified atom stereocenters. The molecule has 0 radical (unpaired) electrons. The molecule has 1 aromatic rings. The quantitative estimate of drug-likeness (QED) is 0.883. The van der Waals surface area contributed by atoms with Crippen LogP contribution in [-0.2, 0) is 14.9 Å². The van der Waals surface area contributed by atoms with E-state index in [9.17, 15) is 14.7 Å². The van der Waals surface area contributed by atoms with Crippen LogP contribution in [0.15, 0.2) is 18.2 Å². The highest BCUT2D eigenvalue weighted by Gasteiger charge is 2.52. The number of carboxylic acids is 1. The number of hydrogen-bond acceptors (Lipinski definition) is 4. The van der Waals surface area contributed by atoms with E-state index in [-0.39, 0.29) is 6.04 Å². The van der Waals surface area contributed by atoms with Crippen molar-refractivity contribution in [1.29, 1.82) is 0 Å². The topological polar surface area (TPSA) is 84.9 Å². The van der Waals surface area contributed by atoms with Gasteiger partial charge in [0.25, 0.3) is 0 Å². The summed E-state index contributed by atoms with van der Waals surface area (Å²) in [6, 6.07) is 5.22. The summed E-state index contributed by atoms with van der Waals surface area (Å²) in [5.74, 6) is -0.229. The number of aliphatic carboxylic acids is 1. The summed E-state index contributed by atoms with van der Waals surface area (Å²) in [5.41, 5.74) is 0.0622. The first kappa shape index (κ1) is 18.1. The maximum atomic E-state index is 11.9. The number of carbonyl (C=O) groups excluding carboxylic acids is 1. The summed E-state index contributed by atoms with van der Waals surface area (Å²) in [6.45, 7) is 7.26. The molecule has 0 heterocycles. The average molecular weight is 335 g/mol. The van der Waals surface area contributed by atoms with Gasteiger partial charge >= 0.3 is 12.1 Å². The Bertz CT molecular complexity index is 641. The molecule has 24 heavy (non-hydrogen) atoms. The fraction of sp³-hybridized carbons (Fsp3) is 0.556. The monoisotopic (exact) mass is 335 g/mol. The van der Waals surface area contributed by atoms with Crippen molar-refractivity contribution in [2.24, 2.45) is 0 Å². The van der Waals surface area contributed by atoms with Crippen LogP contribution in [0, 0.1) is 6.92 Å². The second-order valence-corrected chi connectivity index (χ2v) is 7.32. The van der Waals surface area contributed by atoms with E-state index in [1.54, 1.807) is 33.9 Å². The maximum absolute atomic E-state index is 11.9. The number of rotatable bonds is 4. The van der Waals surface area contributed by atoms with Gasteiger partial charge in [-0.25, -0.2) is 4.79 Å². The summed E-state index contributed by atoms with van der Waals surface area (Å²) >= 11 is 0. The molecule has 0 aliphatic heterocycles. The predicted octanol–water partition coefficient (Wildman–Crippen LogP) is 3.01. The molecule has 1 aliphatic carbocycles. The van der Waals surface area contributed by atoms with E-state index < -0.39 is 23.1 Å². The second kappa shape index (κ2) is 6.34. The molecule has 1 aromatic carbocycles. The predicted molar refractivity (Wildman–Crippen MR) is 89.4 cm³/mol. The van der Waals surface area contributed by atoms with Crippen molar-refractivity contribution in [2.75, 3.05) is 7.11 Å². The normalized spacial score (nSPS) is 23.1. The van der Waals surface area contributed by atoms with Crippen molar-refractivity contribution < 1.29 is 24.2 Å². The molecule has 2 rings (SSSR count). The van der Waals surface area contributed by atoms with Crippen LogP contribution in [0.4, 0.5) is 4.79 Å². The Hall–Kier alpha value is -2.24. The van der Waals surface area contributed by atoms with Crippen LogP contribution in [0.1, 0.15) is 44.7 Å². The summed E-state index contributed by atoms with van der Waals surface area (Å²) in [5, 5.41) is 12.5. The Labute approximate surface area is 142 Å². The number of benzene rings is 1. The van der Waals surface area contributed by atoms with Crippen LogP contribution in [-0.4, -0.2) is 35.9 Å². The largest absolute Gasteiger partial charge is 0.496 e. The van der Waals surface area contributed by atoms with Crippen LogP contribution in [0.2, 0.25) is 0 Å². The van der Waals surface area contributed by atoms with Crippen molar-refractivity contribution >= 4 is 12.1 Å². The molecule has 0 atom stereocenters. The zero-order valence-electron chi connectivity index (χ0n) is 14.8. The van der Waals surface area contributed by atoms with E-state index in [4.69, 9.17) is 9.47 Å². The molecule has 132 valence electrons. The Morgan fingerprint density at radius 1 is 1.29 bits per heavy atom. The summed E-state index contributed by atoms with van der Waals surface area (Å²) in [7, 11) is 1.56. The van der Waals surface area contributed by atoms with Crippen molar-refractivity contribution in [3.63, 3.8) is 0 Å². The van der Waals surface area contributed by atoms with Gasteiger partial charge in [0, 0.05) is 6.04 Å². The first-order chi connectivity index (χ1) is 11.1. The molecular weight excluding hydrogens is 310 g/mol. The minimum absolute atomic E-state index is 0.219. The van der Waals surface area contributed by atoms with Gasteiger partial charge in [0.05, 0.1) is 12.5 Å². The van der Waals surface area contributed by atoms with Crippen molar-refractivity contribution in [1.82, 2.24) is 5.32 Å². The van der Waals surface area contributed by atoms with Gasteiger partial charge < -0.3 is 19.9 Å². The van der Waals surface area contributed by atoms with Crippen LogP contribution in [0.3, 0.4) is 0 Å². The molecule has 1 aliphatic rings. The Morgan fingerprint density at radius 3 is 2.42 bits per heavy atom. The lowest BCUT2D eigenvalue weighted by Crippen LogP contribution is -2.57. The van der Waals surface area contributed by atoms with E-state index in [0.717, 1.165) is 5.56 Å². The molecule has 2 N–H and O–H groups in total. The van der Waals surface area contributed by atoms with Crippen LogP contribution in [0.25, 0.3) is 0 Å². The molecule has 0 saturated heterocycles. The molecule has 0 spiro atoms. The first-order valence-corrected chi connectivity index (χ1v) is 7.95. The third kappa shape index (κ3) is 3.63. The zero-order chi connectivity index (χ0) is 18.1. The standard InChI is InChI=1S/C18H25NO5/c1-11-6-7-12(8-14(11)23-5)18(15(20)21)9-13(10-18)19-16(22)24-17(2,3)4/h6-8,13H,9-10H2,1-5H3,(H,19,22)(H,20,21). The lowest BCUT2D eigenvalue weighted by Gasteiger charge is -2.45. The maximum Gasteiger partial charge on any atom is 0.407 e. The minimum atomic E-state index is -0.999. The molecule has 1 amide bonds. The van der Waals surface area contributed by atoms with Gasteiger partial charge in [-0.2, -0.15) is 0 Å². The van der Waals surface area contributed by atoms with Crippen LogP contribution in [0.5, 0.6) is 5.75 Å². The SMILES string of the molecule is COc1cc(C2(C(=O)O)CC(NC(=O)OC(C)(C)C)C2)ccc1C. The van der Waals surface area contributed by atoms with Gasteiger partial charge in [0.15, 0.2) is 0 Å². The molecule has 0 aromatic heterocycles. The van der Waals surface area contributed by atoms with Crippen molar-refractivity contribution in [3.05, 3.63) is 29.3 Å².